The van der Waals surface area contributed by atoms with Crippen LogP contribution < -0.4 is 9.47 Å². The summed E-state index contributed by atoms with van der Waals surface area (Å²) in [5.74, 6) is 2.04. The van der Waals surface area contributed by atoms with Crippen molar-refractivity contribution >= 4 is 0 Å². The third-order valence-corrected chi connectivity index (χ3v) is 4.86. The van der Waals surface area contributed by atoms with Crippen LogP contribution in [0.3, 0.4) is 0 Å². The van der Waals surface area contributed by atoms with E-state index in [1.54, 1.807) is 12.1 Å². The van der Waals surface area contributed by atoms with Crippen molar-refractivity contribution in [3.8, 4) is 23.0 Å². The zero-order chi connectivity index (χ0) is 16.8. The van der Waals surface area contributed by atoms with Crippen molar-refractivity contribution in [1.29, 1.82) is 0 Å². The number of phenols is 2. The maximum Gasteiger partial charge on any atom is 0.129 e. The number of aromatic hydroxyl groups is 2. The van der Waals surface area contributed by atoms with Gasteiger partial charge in [-0.15, -0.1) is 0 Å². The van der Waals surface area contributed by atoms with E-state index in [1.165, 1.54) is 6.07 Å². The molecule has 0 amide bonds. The third-order valence-electron chi connectivity index (χ3n) is 4.86. The Hall–Kier alpha value is -2.62. The molecule has 2 aliphatic rings. The Morgan fingerprint density at radius 2 is 2.00 bits per heavy atom. The van der Waals surface area contributed by atoms with Crippen LogP contribution in [0.4, 0.5) is 0 Å². The Morgan fingerprint density at radius 3 is 2.75 bits per heavy atom. The van der Waals surface area contributed by atoms with E-state index >= 15 is 0 Å². The molecule has 4 rings (SSSR count). The molecule has 0 spiro atoms. The van der Waals surface area contributed by atoms with Gasteiger partial charge in [-0.25, -0.2) is 0 Å². The highest BCUT2D eigenvalue weighted by atomic mass is 16.5. The van der Waals surface area contributed by atoms with Crippen LogP contribution in [-0.4, -0.2) is 22.9 Å². The summed E-state index contributed by atoms with van der Waals surface area (Å²) in [5.41, 5.74) is 4.06. The van der Waals surface area contributed by atoms with Crippen LogP contribution in [0.5, 0.6) is 23.0 Å². The molecule has 4 nitrogen and oxygen atoms in total. The van der Waals surface area contributed by atoms with Crippen molar-refractivity contribution in [2.24, 2.45) is 0 Å². The van der Waals surface area contributed by atoms with Crippen LogP contribution in [0.2, 0.25) is 0 Å². The molecule has 124 valence electrons. The normalized spacial score (nSPS) is 21.4. The molecule has 2 N–H and O–H groups in total. The van der Waals surface area contributed by atoms with E-state index in [0.717, 1.165) is 46.6 Å². The first kappa shape index (κ1) is 14.9. The lowest BCUT2D eigenvalue weighted by Gasteiger charge is -2.27. The Balaban J connectivity index is 1.64. The van der Waals surface area contributed by atoms with Crippen LogP contribution in [0.1, 0.15) is 29.5 Å². The van der Waals surface area contributed by atoms with Gasteiger partial charge < -0.3 is 19.7 Å². The molecule has 2 aliphatic heterocycles. The predicted octanol–water partition coefficient (Wildman–Crippen LogP) is 3.70. The van der Waals surface area contributed by atoms with E-state index < -0.39 is 0 Å². The number of rotatable bonds is 2. The summed E-state index contributed by atoms with van der Waals surface area (Å²) in [6.07, 6.45) is 1.61. The lowest BCUT2D eigenvalue weighted by atomic mass is 9.88. The Morgan fingerprint density at radius 1 is 1.17 bits per heavy atom. The van der Waals surface area contributed by atoms with Gasteiger partial charge in [-0.2, -0.15) is 0 Å². The van der Waals surface area contributed by atoms with E-state index in [-0.39, 0.29) is 23.5 Å². The summed E-state index contributed by atoms with van der Waals surface area (Å²) in [7, 11) is 0. The number of hydrogen-bond donors (Lipinski definition) is 2. The lowest BCUT2D eigenvalue weighted by Crippen LogP contribution is -2.20. The molecule has 2 atom stereocenters. The maximum absolute atomic E-state index is 10.1. The molecule has 0 aliphatic carbocycles. The van der Waals surface area contributed by atoms with E-state index in [4.69, 9.17) is 9.47 Å². The second-order valence-corrected chi connectivity index (χ2v) is 6.64. The van der Waals surface area contributed by atoms with Gasteiger partial charge in [-0.1, -0.05) is 18.7 Å². The summed E-state index contributed by atoms with van der Waals surface area (Å²) in [6.45, 7) is 6.47. The van der Waals surface area contributed by atoms with Gasteiger partial charge in [0.15, 0.2) is 0 Å². The van der Waals surface area contributed by atoms with E-state index in [9.17, 15) is 10.2 Å². The highest BCUT2D eigenvalue weighted by Gasteiger charge is 2.32. The first-order valence-corrected chi connectivity index (χ1v) is 8.14. The molecule has 0 aromatic heterocycles. The SMILES string of the molecule is C=C(C)[C@H]1Cc2c(ccc3c2OC[C@H](c2ccc(O)cc2O)C3)O1. The van der Waals surface area contributed by atoms with Gasteiger partial charge in [0, 0.05) is 29.5 Å². The Bertz CT molecular complexity index is 825. The van der Waals surface area contributed by atoms with E-state index in [0.29, 0.717) is 6.61 Å². The highest BCUT2D eigenvalue weighted by molar-refractivity contribution is 5.55. The predicted molar refractivity (Wildman–Crippen MR) is 91.1 cm³/mol. The zero-order valence-corrected chi connectivity index (χ0v) is 13.6. The zero-order valence-electron chi connectivity index (χ0n) is 13.6. The molecular formula is C20H20O4. The fourth-order valence-electron chi connectivity index (χ4n) is 3.54. The van der Waals surface area contributed by atoms with Gasteiger partial charge in [-0.3, -0.25) is 0 Å². The molecule has 0 bridgehead atoms. The summed E-state index contributed by atoms with van der Waals surface area (Å²) in [5, 5.41) is 19.6. The Kier molecular flexibility index (Phi) is 3.41. The standard InChI is InChI=1S/C20H20O4/c1-11(2)19-9-16-18(24-19)6-3-12-7-13(10-23-20(12)16)15-5-4-14(21)8-17(15)22/h3-6,8,13,19,21-22H,1,7,9-10H2,2H3/t13-,19-/m1/s1. The molecule has 4 heteroatoms. The van der Waals surface area contributed by atoms with Crippen molar-refractivity contribution in [3.63, 3.8) is 0 Å². The van der Waals surface area contributed by atoms with Gasteiger partial charge in [0.05, 0.1) is 6.61 Å². The van der Waals surface area contributed by atoms with Crippen LogP contribution in [0.25, 0.3) is 0 Å². The Labute approximate surface area is 141 Å². The number of hydrogen-bond acceptors (Lipinski definition) is 4. The first-order valence-electron chi connectivity index (χ1n) is 8.14. The molecule has 0 saturated carbocycles. The summed E-state index contributed by atoms with van der Waals surface area (Å²) < 4.78 is 12.0. The van der Waals surface area contributed by atoms with Crippen LogP contribution in [0, 0.1) is 0 Å². The van der Waals surface area contributed by atoms with Crippen molar-refractivity contribution in [2.45, 2.75) is 31.8 Å². The highest BCUT2D eigenvalue weighted by Crippen LogP contribution is 2.44. The smallest absolute Gasteiger partial charge is 0.129 e. The topological polar surface area (TPSA) is 58.9 Å². The lowest BCUT2D eigenvalue weighted by molar-refractivity contribution is 0.257. The van der Waals surface area contributed by atoms with Gasteiger partial charge in [0.25, 0.3) is 0 Å². The molecular weight excluding hydrogens is 304 g/mol. The van der Waals surface area contributed by atoms with Gasteiger partial charge >= 0.3 is 0 Å². The van der Waals surface area contributed by atoms with Crippen LogP contribution in [0.15, 0.2) is 42.5 Å². The molecule has 2 heterocycles. The molecule has 0 unspecified atom stereocenters. The molecule has 24 heavy (non-hydrogen) atoms. The quantitative estimate of drug-likeness (QED) is 0.827. The third kappa shape index (κ3) is 2.39. The van der Waals surface area contributed by atoms with Crippen molar-refractivity contribution in [2.75, 3.05) is 6.61 Å². The van der Waals surface area contributed by atoms with Crippen molar-refractivity contribution in [3.05, 3.63) is 59.2 Å². The fraction of sp³-hybridized carbons (Fsp3) is 0.300. The minimum absolute atomic E-state index is 0.0222. The van der Waals surface area contributed by atoms with Crippen LogP contribution in [-0.2, 0) is 12.8 Å². The molecule has 0 radical (unpaired) electrons. The minimum atomic E-state index is 0.0222. The largest absolute Gasteiger partial charge is 0.508 e. The molecule has 0 saturated heterocycles. The molecule has 0 fully saturated rings. The summed E-state index contributed by atoms with van der Waals surface area (Å²) in [6, 6.07) is 8.77. The average molecular weight is 324 g/mol. The maximum atomic E-state index is 10.1. The fourth-order valence-corrected chi connectivity index (χ4v) is 3.54. The monoisotopic (exact) mass is 324 g/mol. The molecule has 2 aromatic rings. The first-order chi connectivity index (χ1) is 11.5. The van der Waals surface area contributed by atoms with Gasteiger partial charge in [0.2, 0.25) is 0 Å². The average Bonchev–Trinajstić information content (AvgIpc) is 2.99. The number of ether oxygens (including phenoxy) is 2. The summed E-state index contributed by atoms with van der Waals surface area (Å²) >= 11 is 0. The van der Waals surface area contributed by atoms with Gasteiger partial charge in [0.1, 0.15) is 29.1 Å². The van der Waals surface area contributed by atoms with Gasteiger partial charge in [-0.05, 0) is 36.6 Å². The molecule has 2 aromatic carbocycles. The van der Waals surface area contributed by atoms with Crippen LogP contribution >= 0.6 is 0 Å². The van der Waals surface area contributed by atoms with E-state index in [1.807, 2.05) is 19.1 Å². The second-order valence-electron chi connectivity index (χ2n) is 6.64. The number of phenolic OH excluding ortho intramolecular Hbond substituents is 2. The van der Waals surface area contributed by atoms with Crippen molar-refractivity contribution < 1.29 is 19.7 Å². The number of fused-ring (bicyclic) bond motifs is 3. The van der Waals surface area contributed by atoms with E-state index in [2.05, 4.69) is 6.58 Å². The van der Waals surface area contributed by atoms with Crippen molar-refractivity contribution in [1.82, 2.24) is 0 Å². The minimum Gasteiger partial charge on any atom is -0.508 e. The second kappa shape index (κ2) is 5.48. The summed E-state index contributed by atoms with van der Waals surface area (Å²) in [4.78, 5) is 0. The number of benzene rings is 2.